The summed E-state index contributed by atoms with van der Waals surface area (Å²) in [5, 5.41) is 9.41. The van der Waals surface area contributed by atoms with Crippen LogP contribution in [0.25, 0.3) is 0 Å². The lowest BCUT2D eigenvalue weighted by Crippen LogP contribution is -2.03. The molecule has 0 aromatic heterocycles. The van der Waals surface area contributed by atoms with Gasteiger partial charge in [-0.1, -0.05) is 0 Å². The number of hydrogen-bond acceptors (Lipinski definition) is 5. The molecule has 0 saturated carbocycles. The predicted octanol–water partition coefficient (Wildman–Crippen LogP) is 1.75. The number of carbonyl (C=O) groups excluding carboxylic acids is 1. The smallest absolute Gasteiger partial charge is 0.338 e. The summed E-state index contributed by atoms with van der Waals surface area (Å²) in [6, 6.07) is 4.65. The van der Waals surface area contributed by atoms with Gasteiger partial charge in [0.2, 0.25) is 0 Å². The van der Waals surface area contributed by atoms with E-state index in [4.69, 9.17) is 0 Å². The Kier molecular flexibility index (Phi) is 3.99. The lowest BCUT2D eigenvalue weighted by atomic mass is 10.2. The zero-order valence-electron chi connectivity index (χ0n) is 8.85. The van der Waals surface area contributed by atoms with Crippen LogP contribution in [-0.2, 0) is 4.74 Å². The van der Waals surface area contributed by atoms with Gasteiger partial charge in [0.1, 0.15) is 5.75 Å². The van der Waals surface area contributed by atoms with E-state index < -0.39 is 5.97 Å². The fourth-order valence-electron chi connectivity index (χ4n) is 1.08. The van der Waals surface area contributed by atoms with Crippen molar-refractivity contribution in [1.82, 2.24) is 4.31 Å². The van der Waals surface area contributed by atoms with Crippen LogP contribution < -0.4 is 0 Å². The van der Waals surface area contributed by atoms with Gasteiger partial charge < -0.3 is 9.84 Å². The second-order valence-corrected chi connectivity index (χ2v) is 4.50. The molecule has 0 aliphatic heterocycles. The molecule has 1 aromatic carbocycles. The molecule has 0 fully saturated rings. The molecule has 0 bridgehead atoms. The third kappa shape index (κ3) is 3.45. The minimum atomic E-state index is -0.452. The summed E-state index contributed by atoms with van der Waals surface area (Å²) >= 11 is 1.42. The number of esters is 1. The van der Waals surface area contributed by atoms with Gasteiger partial charge in [0.25, 0.3) is 0 Å². The van der Waals surface area contributed by atoms with Crippen molar-refractivity contribution in [2.24, 2.45) is 0 Å². The normalized spacial score (nSPS) is 10.4. The van der Waals surface area contributed by atoms with Gasteiger partial charge >= 0.3 is 5.97 Å². The quantitative estimate of drug-likeness (QED) is 0.629. The predicted molar refractivity (Wildman–Crippen MR) is 59.0 cm³/mol. The Morgan fingerprint density at radius 2 is 2.07 bits per heavy atom. The molecule has 0 amide bonds. The van der Waals surface area contributed by atoms with Crippen molar-refractivity contribution in [3.63, 3.8) is 0 Å². The highest BCUT2D eigenvalue weighted by molar-refractivity contribution is 7.97. The molecule has 0 heterocycles. The van der Waals surface area contributed by atoms with Gasteiger partial charge in [-0.25, -0.2) is 4.79 Å². The summed E-state index contributed by atoms with van der Waals surface area (Å²) in [5.74, 6) is -0.395. The third-order valence-corrected chi connectivity index (χ3v) is 2.41. The van der Waals surface area contributed by atoms with Crippen molar-refractivity contribution >= 4 is 17.9 Å². The van der Waals surface area contributed by atoms with E-state index in [9.17, 15) is 9.90 Å². The summed E-state index contributed by atoms with van der Waals surface area (Å²) in [4.78, 5) is 12.0. The van der Waals surface area contributed by atoms with Gasteiger partial charge in [0, 0.05) is 4.90 Å². The zero-order chi connectivity index (χ0) is 11.4. The van der Waals surface area contributed by atoms with Crippen LogP contribution in [-0.4, -0.2) is 36.6 Å². The number of nitrogens with zero attached hydrogens (tertiary/aromatic N) is 1. The molecule has 1 N–H and O–H groups in total. The van der Waals surface area contributed by atoms with Crippen LogP contribution in [0.15, 0.2) is 23.1 Å². The van der Waals surface area contributed by atoms with E-state index >= 15 is 0 Å². The van der Waals surface area contributed by atoms with Crippen LogP contribution in [0, 0.1) is 0 Å². The largest absolute Gasteiger partial charge is 0.508 e. The second kappa shape index (κ2) is 5.04. The third-order valence-electron chi connectivity index (χ3n) is 1.60. The highest BCUT2D eigenvalue weighted by atomic mass is 32.2. The van der Waals surface area contributed by atoms with Crippen molar-refractivity contribution in [1.29, 1.82) is 0 Å². The zero-order valence-corrected chi connectivity index (χ0v) is 9.67. The number of phenolic OH excluding ortho intramolecular Hbond substituents is 1. The first-order chi connectivity index (χ1) is 7.02. The SMILES string of the molecule is COC(=O)c1cc(O)cc(SN(C)C)c1. The monoisotopic (exact) mass is 227 g/mol. The van der Waals surface area contributed by atoms with E-state index in [1.165, 1.54) is 25.1 Å². The summed E-state index contributed by atoms with van der Waals surface area (Å²) in [5.41, 5.74) is 0.349. The molecular formula is C10H13NO3S. The van der Waals surface area contributed by atoms with E-state index in [0.29, 0.717) is 5.56 Å². The first kappa shape index (κ1) is 11.9. The fourth-order valence-corrected chi connectivity index (χ4v) is 1.86. The van der Waals surface area contributed by atoms with E-state index in [-0.39, 0.29) is 5.75 Å². The topological polar surface area (TPSA) is 49.8 Å². The molecule has 0 spiro atoms. The molecule has 82 valence electrons. The Morgan fingerprint density at radius 3 is 2.60 bits per heavy atom. The lowest BCUT2D eigenvalue weighted by Gasteiger charge is -2.09. The highest BCUT2D eigenvalue weighted by Crippen LogP contribution is 2.25. The number of aromatic hydroxyl groups is 1. The van der Waals surface area contributed by atoms with Crippen LogP contribution in [0.2, 0.25) is 0 Å². The van der Waals surface area contributed by atoms with Gasteiger partial charge in [-0.05, 0) is 44.2 Å². The molecule has 1 rings (SSSR count). The molecule has 15 heavy (non-hydrogen) atoms. The van der Waals surface area contributed by atoms with Crippen LogP contribution in [0.5, 0.6) is 5.75 Å². The van der Waals surface area contributed by atoms with Crippen LogP contribution in [0.4, 0.5) is 0 Å². The molecule has 0 aliphatic rings. The molecule has 0 radical (unpaired) electrons. The second-order valence-electron chi connectivity index (χ2n) is 3.11. The number of methoxy groups -OCH3 is 1. The number of rotatable bonds is 3. The van der Waals surface area contributed by atoms with Crippen molar-refractivity contribution < 1.29 is 14.6 Å². The van der Waals surface area contributed by atoms with Crippen molar-refractivity contribution in [3.8, 4) is 5.75 Å². The van der Waals surface area contributed by atoms with E-state index in [1.807, 2.05) is 18.4 Å². The van der Waals surface area contributed by atoms with Crippen molar-refractivity contribution in [2.45, 2.75) is 4.90 Å². The average Bonchev–Trinajstić information content (AvgIpc) is 2.14. The van der Waals surface area contributed by atoms with Crippen molar-refractivity contribution in [2.75, 3.05) is 21.2 Å². The number of ether oxygens (including phenoxy) is 1. The fraction of sp³-hybridized carbons (Fsp3) is 0.300. The van der Waals surface area contributed by atoms with Crippen molar-refractivity contribution in [3.05, 3.63) is 23.8 Å². The summed E-state index contributed by atoms with van der Waals surface area (Å²) < 4.78 is 6.45. The summed E-state index contributed by atoms with van der Waals surface area (Å²) in [6.45, 7) is 0. The highest BCUT2D eigenvalue weighted by Gasteiger charge is 2.09. The van der Waals surface area contributed by atoms with Gasteiger partial charge in [-0.2, -0.15) is 0 Å². The maximum absolute atomic E-state index is 11.2. The maximum Gasteiger partial charge on any atom is 0.338 e. The molecule has 1 aromatic rings. The Balaban J connectivity index is 2.99. The number of hydrogen-bond donors (Lipinski definition) is 1. The van der Waals surface area contributed by atoms with E-state index in [0.717, 1.165) is 4.90 Å². The average molecular weight is 227 g/mol. The summed E-state index contributed by atoms with van der Waals surface area (Å²) in [6.07, 6.45) is 0. The van der Waals surface area contributed by atoms with Crippen LogP contribution in [0.1, 0.15) is 10.4 Å². The van der Waals surface area contributed by atoms with Gasteiger partial charge in [-0.15, -0.1) is 0 Å². The van der Waals surface area contributed by atoms with E-state index in [1.54, 1.807) is 12.1 Å². The van der Waals surface area contributed by atoms with E-state index in [2.05, 4.69) is 4.74 Å². The molecule has 4 nitrogen and oxygen atoms in total. The molecule has 0 saturated heterocycles. The molecule has 0 atom stereocenters. The molecule has 0 aliphatic carbocycles. The molecule has 0 unspecified atom stereocenters. The lowest BCUT2D eigenvalue weighted by molar-refractivity contribution is 0.0600. The Morgan fingerprint density at radius 1 is 1.40 bits per heavy atom. The number of phenols is 1. The minimum absolute atomic E-state index is 0.0576. The standard InChI is InChI=1S/C10H13NO3S/c1-11(2)15-9-5-7(10(13)14-3)4-8(12)6-9/h4-6,12H,1-3H3. The molecule has 5 heteroatoms. The van der Waals surface area contributed by atoms with Gasteiger partial charge in [-0.3, -0.25) is 4.31 Å². The summed E-state index contributed by atoms with van der Waals surface area (Å²) in [7, 11) is 5.07. The van der Waals surface area contributed by atoms with Gasteiger partial charge in [0.15, 0.2) is 0 Å². The van der Waals surface area contributed by atoms with Gasteiger partial charge in [0.05, 0.1) is 12.7 Å². The number of carbonyl (C=O) groups is 1. The Labute approximate surface area is 93.0 Å². The maximum atomic E-state index is 11.2. The van der Waals surface area contributed by atoms with Crippen LogP contribution >= 0.6 is 11.9 Å². The molecular weight excluding hydrogens is 214 g/mol. The number of benzene rings is 1. The Hall–Kier alpha value is -1.20. The Bertz CT molecular complexity index is 366. The minimum Gasteiger partial charge on any atom is -0.508 e. The van der Waals surface area contributed by atoms with Crippen LogP contribution in [0.3, 0.4) is 0 Å². The first-order valence-corrected chi connectivity index (χ1v) is 5.08. The first-order valence-electron chi connectivity index (χ1n) is 4.30.